The Morgan fingerprint density at radius 2 is 1.66 bits per heavy atom. The molecule has 0 unspecified atom stereocenters. The lowest BCUT2D eigenvalue weighted by molar-refractivity contribution is -0.0506. The fourth-order valence-electron chi connectivity index (χ4n) is 3.06. The number of benzene rings is 2. The van der Waals surface area contributed by atoms with E-state index < -0.39 is 19.3 Å². The number of halogens is 4. The van der Waals surface area contributed by atoms with Crippen LogP contribution in [-0.2, 0) is 0 Å². The average molecular weight is 406 g/mol. The maximum atomic E-state index is 12.8. The highest BCUT2D eigenvalue weighted by Gasteiger charge is 2.25. The maximum absolute atomic E-state index is 12.8. The van der Waals surface area contributed by atoms with Crippen molar-refractivity contribution in [1.82, 2.24) is 14.8 Å². The molecule has 1 aromatic heterocycles. The number of aromatic nitrogens is 3. The third-order valence-corrected chi connectivity index (χ3v) is 4.25. The van der Waals surface area contributed by atoms with Crippen molar-refractivity contribution in [1.29, 1.82) is 0 Å². The first-order valence-electron chi connectivity index (χ1n) is 8.48. The van der Waals surface area contributed by atoms with Crippen LogP contribution in [0.4, 0.5) is 23.5 Å². The van der Waals surface area contributed by atoms with Crippen molar-refractivity contribution in [3.63, 3.8) is 0 Å². The Labute approximate surface area is 162 Å². The molecule has 0 aliphatic carbocycles. The second kappa shape index (κ2) is 7.82. The van der Waals surface area contributed by atoms with Gasteiger partial charge in [-0.1, -0.05) is 24.3 Å². The number of para-hydroxylation sites is 1. The van der Waals surface area contributed by atoms with Crippen LogP contribution in [0.15, 0.2) is 60.9 Å². The van der Waals surface area contributed by atoms with Gasteiger partial charge in [0.15, 0.2) is 0 Å². The standard InChI is InChI=1S/C19H14F4N4O2/c20-17(21)28-12-7-5-11(6-8-12)15-9-14(26-19-24-10-25-27(15)19)13-3-1-2-4-16(13)29-18(22)23/h1-10,15,17-18H,(H,24,25,26)/t15-/m0/s1. The summed E-state index contributed by atoms with van der Waals surface area (Å²) in [6, 6.07) is 12.0. The number of hydrogen-bond donors (Lipinski definition) is 1. The molecule has 0 bridgehead atoms. The van der Waals surface area contributed by atoms with Gasteiger partial charge in [-0.25, -0.2) is 4.68 Å². The second-order valence-electron chi connectivity index (χ2n) is 6.00. The van der Waals surface area contributed by atoms with Gasteiger partial charge < -0.3 is 14.8 Å². The molecule has 0 saturated heterocycles. The maximum Gasteiger partial charge on any atom is 0.387 e. The molecule has 1 atom stereocenters. The van der Waals surface area contributed by atoms with Crippen LogP contribution in [0.25, 0.3) is 5.70 Å². The SMILES string of the molecule is FC(F)Oc1ccc([C@@H]2C=C(c3ccccc3OC(F)F)Nc3ncnn32)cc1. The van der Waals surface area contributed by atoms with E-state index in [0.29, 0.717) is 22.8 Å². The van der Waals surface area contributed by atoms with Crippen molar-refractivity contribution < 1.29 is 27.0 Å². The normalized spacial score (nSPS) is 15.7. The fourth-order valence-corrected chi connectivity index (χ4v) is 3.06. The molecule has 150 valence electrons. The van der Waals surface area contributed by atoms with Crippen molar-refractivity contribution in [3.05, 3.63) is 72.1 Å². The van der Waals surface area contributed by atoms with Crippen LogP contribution in [0.1, 0.15) is 17.2 Å². The van der Waals surface area contributed by atoms with Crippen LogP contribution in [0, 0.1) is 0 Å². The third-order valence-electron chi connectivity index (χ3n) is 4.25. The molecule has 0 saturated carbocycles. The smallest absolute Gasteiger partial charge is 0.387 e. The number of nitrogens with one attached hydrogen (secondary N) is 1. The van der Waals surface area contributed by atoms with Gasteiger partial charge in [-0.2, -0.15) is 27.6 Å². The lowest BCUT2D eigenvalue weighted by Gasteiger charge is -2.25. The first kappa shape index (κ1) is 18.8. The van der Waals surface area contributed by atoms with E-state index in [2.05, 4.69) is 24.9 Å². The number of fused-ring (bicyclic) bond motifs is 1. The summed E-state index contributed by atoms with van der Waals surface area (Å²) in [5, 5.41) is 7.23. The van der Waals surface area contributed by atoms with Crippen LogP contribution < -0.4 is 14.8 Å². The van der Waals surface area contributed by atoms with Crippen LogP contribution in [0.3, 0.4) is 0 Å². The molecule has 2 aromatic carbocycles. The van der Waals surface area contributed by atoms with Gasteiger partial charge in [0, 0.05) is 5.56 Å². The molecule has 1 aliphatic rings. The predicted molar refractivity (Wildman–Crippen MR) is 95.9 cm³/mol. The quantitative estimate of drug-likeness (QED) is 0.610. The van der Waals surface area contributed by atoms with E-state index in [-0.39, 0.29) is 11.5 Å². The van der Waals surface area contributed by atoms with E-state index in [4.69, 9.17) is 0 Å². The molecule has 1 aliphatic heterocycles. The zero-order valence-electron chi connectivity index (χ0n) is 14.7. The molecule has 6 nitrogen and oxygen atoms in total. The van der Waals surface area contributed by atoms with Crippen LogP contribution in [0.5, 0.6) is 11.5 Å². The van der Waals surface area contributed by atoms with Gasteiger partial charge in [-0.3, -0.25) is 0 Å². The Hall–Kier alpha value is -3.56. The minimum Gasteiger partial charge on any atom is -0.435 e. The van der Waals surface area contributed by atoms with Crippen molar-refractivity contribution >= 4 is 11.6 Å². The fraction of sp³-hybridized carbons (Fsp3) is 0.158. The number of nitrogens with zero attached hydrogens (tertiary/aromatic N) is 3. The zero-order chi connectivity index (χ0) is 20.4. The van der Waals surface area contributed by atoms with Crippen molar-refractivity contribution in [2.75, 3.05) is 5.32 Å². The topological polar surface area (TPSA) is 61.2 Å². The summed E-state index contributed by atoms with van der Waals surface area (Å²) in [4.78, 5) is 4.14. The van der Waals surface area contributed by atoms with E-state index in [1.54, 1.807) is 41.1 Å². The van der Waals surface area contributed by atoms with E-state index >= 15 is 0 Å². The minimum atomic E-state index is -2.97. The number of alkyl halides is 4. The summed E-state index contributed by atoms with van der Waals surface area (Å²) >= 11 is 0. The van der Waals surface area contributed by atoms with E-state index in [9.17, 15) is 17.6 Å². The zero-order valence-corrected chi connectivity index (χ0v) is 14.7. The second-order valence-corrected chi connectivity index (χ2v) is 6.00. The molecule has 0 amide bonds. The molecule has 1 N–H and O–H groups in total. The monoisotopic (exact) mass is 406 g/mol. The van der Waals surface area contributed by atoms with E-state index in [0.717, 1.165) is 0 Å². The van der Waals surface area contributed by atoms with Gasteiger partial charge in [-0.15, -0.1) is 0 Å². The van der Waals surface area contributed by atoms with Gasteiger partial charge in [0.25, 0.3) is 0 Å². The first-order valence-corrected chi connectivity index (χ1v) is 8.48. The summed E-state index contributed by atoms with van der Waals surface area (Å²) in [6.07, 6.45) is 3.11. The third kappa shape index (κ3) is 4.00. The highest BCUT2D eigenvalue weighted by Crippen LogP contribution is 2.36. The molecular weight excluding hydrogens is 392 g/mol. The highest BCUT2D eigenvalue weighted by molar-refractivity contribution is 5.80. The number of hydrogen-bond acceptors (Lipinski definition) is 5. The number of allylic oxidation sites excluding steroid dienone is 1. The molecular formula is C19H14F4N4O2. The summed E-state index contributed by atoms with van der Waals surface area (Å²) in [7, 11) is 0. The molecule has 0 fully saturated rings. The number of rotatable bonds is 6. The predicted octanol–water partition coefficient (Wildman–Crippen LogP) is 4.54. The van der Waals surface area contributed by atoms with Crippen LogP contribution in [-0.4, -0.2) is 28.0 Å². The van der Waals surface area contributed by atoms with Gasteiger partial charge in [0.1, 0.15) is 23.9 Å². The van der Waals surface area contributed by atoms with E-state index in [1.807, 2.05) is 0 Å². The average Bonchev–Trinajstić information content (AvgIpc) is 3.16. The van der Waals surface area contributed by atoms with Gasteiger partial charge in [0.05, 0.1) is 5.70 Å². The van der Waals surface area contributed by atoms with Crippen LogP contribution in [0.2, 0.25) is 0 Å². The highest BCUT2D eigenvalue weighted by atomic mass is 19.3. The van der Waals surface area contributed by atoms with Crippen molar-refractivity contribution in [2.24, 2.45) is 0 Å². The summed E-state index contributed by atoms with van der Waals surface area (Å²) in [5.74, 6) is 0.428. The van der Waals surface area contributed by atoms with Crippen LogP contribution >= 0.6 is 0 Å². The van der Waals surface area contributed by atoms with Gasteiger partial charge in [0.2, 0.25) is 5.95 Å². The molecule has 0 spiro atoms. The Morgan fingerprint density at radius 1 is 0.931 bits per heavy atom. The first-order chi connectivity index (χ1) is 14.0. The lowest BCUT2D eigenvalue weighted by Crippen LogP contribution is -2.20. The summed E-state index contributed by atoms with van der Waals surface area (Å²) < 4.78 is 60.9. The number of ether oxygens (including phenoxy) is 2. The Morgan fingerprint density at radius 3 is 2.38 bits per heavy atom. The Kier molecular flexibility index (Phi) is 5.07. The summed E-state index contributed by atoms with van der Waals surface area (Å²) in [5.41, 5.74) is 1.63. The van der Waals surface area contributed by atoms with Gasteiger partial charge in [-0.05, 0) is 35.9 Å². The van der Waals surface area contributed by atoms with Crippen molar-refractivity contribution in [2.45, 2.75) is 19.3 Å². The molecule has 29 heavy (non-hydrogen) atoms. The lowest BCUT2D eigenvalue weighted by atomic mass is 10.0. The molecule has 4 rings (SSSR count). The molecule has 0 radical (unpaired) electrons. The van der Waals surface area contributed by atoms with Crippen molar-refractivity contribution in [3.8, 4) is 11.5 Å². The Bertz CT molecular complexity index is 1020. The Balaban J connectivity index is 1.72. The molecule has 2 heterocycles. The number of anilines is 1. The largest absolute Gasteiger partial charge is 0.435 e. The minimum absolute atomic E-state index is 0.00801. The van der Waals surface area contributed by atoms with Gasteiger partial charge >= 0.3 is 13.2 Å². The molecule has 3 aromatic rings. The molecule has 10 heteroatoms. The summed E-state index contributed by atoms with van der Waals surface area (Å²) in [6.45, 7) is -5.89. The van der Waals surface area contributed by atoms with E-state index in [1.165, 1.54) is 24.5 Å².